The minimum absolute atomic E-state index is 0.0422. The van der Waals surface area contributed by atoms with Crippen LogP contribution in [-0.2, 0) is 0 Å². The van der Waals surface area contributed by atoms with Crippen molar-refractivity contribution in [2.45, 2.75) is 51.5 Å². The zero-order chi connectivity index (χ0) is 13.9. The first-order valence-corrected chi connectivity index (χ1v) is 7.35. The van der Waals surface area contributed by atoms with Gasteiger partial charge in [0.15, 0.2) is 5.65 Å². The van der Waals surface area contributed by atoms with Crippen molar-refractivity contribution in [3.05, 3.63) is 29.7 Å². The van der Waals surface area contributed by atoms with Crippen LogP contribution in [0.1, 0.15) is 54.6 Å². The minimum atomic E-state index is -0.0422. The molecule has 0 aromatic carbocycles. The lowest BCUT2D eigenvalue weighted by atomic mass is 10.1. The van der Waals surface area contributed by atoms with E-state index in [1.165, 1.54) is 25.7 Å². The van der Waals surface area contributed by atoms with E-state index < -0.39 is 0 Å². The van der Waals surface area contributed by atoms with Crippen molar-refractivity contribution in [2.75, 3.05) is 0 Å². The highest BCUT2D eigenvalue weighted by atomic mass is 16.1. The van der Waals surface area contributed by atoms with E-state index in [4.69, 9.17) is 0 Å². The third-order valence-corrected chi connectivity index (χ3v) is 3.89. The number of nitrogens with zero attached hydrogens (tertiary/aromatic N) is 3. The molecule has 0 bridgehead atoms. The molecular weight excluding hydrogens is 252 g/mol. The normalized spacial score (nSPS) is 17.1. The van der Waals surface area contributed by atoms with Crippen molar-refractivity contribution in [1.82, 2.24) is 19.9 Å². The average Bonchev–Trinajstić information content (AvgIpc) is 2.62. The topological polar surface area (TPSA) is 59.3 Å². The van der Waals surface area contributed by atoms with Crippen LogP contribution in [0.4, 0.5) is 0 Å². The van der Waals surface area contributed by atoms with Gasteiger partial charge < -0.3 is 5.32 Å². The molecule has 1 aliphatic rings. The summed E-state index contributed by atoms with van der Waals surface area (Å²) in [5.74, 6) is -0.0422. The molecule has 2 heterocycles. The Hall–Kier alpha value is -1.91. The van der Waals surface area contributed by atoms with E-state index in [1.807, 2.05) is 13.0 Å². The van der Waals surface area contributed by atoms with Gasteiger partial charge in [-0.1, -0.05) is 25.7 Å². The molecule has 0 unspecified atom stereocenters. The number of carbonyl (C=O) groups excluding carboxylic acids is 1. The molecule has 0 saturated heterocycles. The van der Waals surface area contributed by atoms with Crippen LogP contribution in [0.15, 0.2) is 18.5 Å². The molecule has 1 amide bonds. The first kappa shape index (κ1) is 13.1. The number of carbonyl (C=O) groups is 1. The molecule has 1 aliphatic carbocycles. The van der Waals surface area contributed by atoms with Crippen LogP contribution in [0.3, 0.4) is 0 Å². The standard InChI is InChI=1S/C15H20N4O/c1-11-8-14-16-9-12(10-19(14)18-11)15(20)17-13-6-4-2-3-5-7-13/h8-10,13H,2-7H2,1H3,(H,17,20). The van der Waals surface area contributed by atoms with Crippen molar-refractivity contribution in [1.29, 1.82) is 0 Å². The van der Waals surface area contributed by atoms with Crippen LogP contribution in [0.5, 0.6) is 0 Å². The number of aryl methyl sites for hydroxylation is 1. The molecule has 0 aliphatic heterocycles. The summed E-state index contributed by atoms with van der Waals surface area (Å²) in [6, 6.07) is 2.20. The molecule has 0 radical (unpaired) electrons. The number of hydrogen-bond donors (Lipinski definition) is 1. The minimum Gasteiger partial charge on any atom is -0.349 e. The smallest absolute Gasteiger partial charge is 0.254 e. The second kappa shape index (κ2) is 5.61. The second-order valence-corrected chi connectivity index (χ2v) is 5.59. The molecule has 5 heteroatoms. The van der Waals surface area contributed by atoms with E-state index in [-0.39, 0.29) is 5.91 Å². The van der Waals surface area contributed by atoms with Crippen LogP contribution in [0, 0.1) is 6.92 Å². The Bertz CT molecular complexity index is 611. The molecule has 2 aromatic heterocycles. The fraction of sp³-hybridized carbons (Fsp3) is 0.533. The Balaban J connectivity index is 1.74. The summed E-state index contributed by atoms with van der Waals surface area (Å²) in [6.45, 7) is 1.92. The quantitative estimate of drug-likeness (QED) is 0.854. The Morgan fingerprint density at radius 1 is 1.30 bits per heavy atom. The molecule has 106 valence electrons. The fourth-order valence-corrected chi connectivity index (χ4v) is 2.80. The lowest BCUT2D eigenvalue weighted by Crippen LogP contribution is -2.34. The van der Waals surface area contributed by atoms with Crippen LogP contribution < -0.4 is 5.32 Å². The molecule has 3 rings (SSSR count). The van der Waals surface area contributed by atoms with E-state index in [0.717, 1.165) is 24.2 Å². The first-order valence-electron chi connectivity index (χ1n) is 7.35. The molecule has 2 aromatic rings. The van der Waals surface area contributed by atoms with Gasteiger partial charge in [0.2, 0.25) is 0 Å². The van der Waals surface area contributed by atoms with Gasteiger partial charge in [0.25, 0.3) is 5.91 Å². The summed E-state index contributed by atoms with van der Waals surface area (Å²) in [5.41, 5.74) is 2.25. The van der Waals surface area contributed by atoms with Crippen molar-refractivity contribution < 1.29 is 4.79 Å². The van der Waals surface area contributed by atoms with Crippen LogP contribution in [-0.4, -0.2) is 26.5 Å². The van der Waals surface area contributed by atoms with Crippen molar-refractivity contribution >= 4 is 11.6 Å². The third kappa shape index (κ3) is 2.81. The summed E-state index contributed by atoms with van der Waals surface area (Å²) in [5, 5.41) is 7.42. The first-order chi connectivity index (χ1) is 9.72. The van der Waals surface area contributed by atoms with Gasteiger partial charge in [-0.2, -0.15) is 5.10 Å². The third-order valence-electron chi connectivity index (χ3n) is 3.89. The summed E-state index contributed by atoms with van der Waals surface area (Å²) >= 11 is 0. The molecular formula is C15H20N4O. The SMILES string of the molecule is Cc1cc2ncc(C(=O)NC3CCCCCC3)cn2n1. The summed E-state index contributed by atoms with van der Waals surface area (Å²) in [7, 11) is 0. The summed E-state index contributed by atoms with van der Waals surface area (Å²) in [6.07, 6.45) is 10.5. The molecule has 0 atom stereocenters. The predicted octanol–water partition coefficient (Wildman–Crippen LogP) is 2.49. The van der Waals surface area contributed by atoms with Crippen molar-refractivity contribution in [3.8, 4) is 0 Å². The van der Waals surface area contributed by atoms with Crippen molar-refractivity contribution in [2.24, 2.45) is 0 Å². The summed E-state index contributed by atoms with van der Waals surface area (Å²) in [4.78, 5) is 16.6. The Kier molecular flexibility index (Phi) is 3.67. The second-order valence-electron chi connectivity index (χ2n) is 5.59. The highest BCUT2D eigenvalue weighted by molar-refractivity contribution is 5.94. The van der Waals surface area contributed by atoms with E-state index in [0.29, 0.717) is 11.6 Å². The zero-order valence-electron chi connectivity index (χ0n) is 11.8. The zero-order valence-corrected chi connectivity index (χ0v) is 11.8. The Morgan fingerprint density at radius 2 is 2.05 bits per heavy atom. The maximum absolute atomic E-state index is 12.3. The predicted molar refractivity (Wildman–Crippen MR) is 76.7 cm³/mol. The molecule has 5 nitrogen and oxygen atoms in total. The van der Waals surface area contributed by atoms with Crippen molar-refractivity contribution in [3.63, 3.8) is 0 Å². The van der Waals surface area contributed by atoms with Gasteiger partial charge in [0, 0.05) is 24.5 Å². The fourth-order valence-electron chi connectivity index (χ4n) is 2.80. The van der Waals surface area contributed by atoms with E-state index >= 15 is 0 Å². The number of aromatic nitrogens is 3. The Morgan fingerprint density at radius 3 is 2.80 bits per heavy atom. The number of fused-ring (bicyclic) bond motifs is 1. The van der Waals surface area contributed by atoms with Crippen LogP contribution in [0.2, 0.25) is 0 Å². The van der Waals surface area contributed by atoms with Gasteiger partial charge in [-0.05, 0) is 19.8 Å². The molecule has 1 N–H and O–H groups in total. The van der Waals surface area contributed by atoms with Gasteiger partial charge >= 0.3 is 0 Å². The monoisotopic (exact) mass is 272 g/mol. The Labute approximate surface area is 118 Å². The maximum Gasteiger partial charge on any atom is 0.254 e. The van der Waals surface area contributed by atoms with E-state index in [2.05, 4.69) is 15.4 Å². The average molecular weight is 272 g/mol. The maximum atomic E-state index is 12.3. The van der Waals surface area contributed by atoms with Gasteiger partial charge in [-0.25, -0.2) is 9.50 Å². The highest BCUT2D eigenvalue weighted by Gasteiger charge is 2.16. The highest BCUT2D eigenvalue weighted by Crippen LogP contribution is 2.17. The number of amides is 1. The van der Waals surface area contributed by atoms with E-state index in [1.54, 1.807) is 16.9 Å². The van der Waals surface area contributed by atoms with E-state index in [9.17, 15) is 4.79 Å². The van der Waals surface area contributed by atoms with Gasteiger partial charge in [0.05, 0.1) is 11.3 Å². The molecule has 20 heavy (non-hydrogen) atoms. The summed E-state index contributed by atoms with van der Waals surface area (Å²) < 4.78 is 1.66. The molecule has 1 fully saturated rings. The van der Waals surface area contributed by atoms with Gasteiger partial charge in [-0.15, -0.1) is 0 Å². The van der Waals surface area contributed by atoms with Gasteiger partial charge in [0.1, 0.15) is 0 Å². The van der Waals surface area contributed by atoms with Crippen LogP contribution in [0.25, 0.3) is 5.65 Å². The molecule has 0 spiro atoms. The van der Waals surface area contributed by atoms with Gasteiger partial charge in [-0.3, -0.25) is 4.79 Å². The lowest BCUT2D eigenvalue weighted by molar-refractivity contribution is 0.0932. The van der Waals surface area contributed by atoms with Crippen LogP contribution >= 0.6 is 0 Å². The number of nitrogens with one attached hydrogen (secondary N) is 1. The molecule has 1 saturated carbocycles. The lowest BCUT2D eigenvalue weighted by Gasteiger charge is -2.15. The number of hydrogen-bond acceptors (Lipinski definition) is 3. The largest absolute Gasteiger partial charge is 0.349 e. The number of rotatable bonds is 2.